The SMILES string of the molecule is COCCS(=O)(=O)Nc1ncc(C#CCN)s1. The summed E-state index contributed by atoms with van der Waals surface area (Å²) in [6, 6.07) is 0. The van der Waals surface area contributed by atoms with Gasteiger partial charge in [0.2, 0.25) is 10.0 Å². The van der Waals surface area contributed by atoms with E-state index in [0.717, 1.165) is 11.3 Å². The summed E-state index contributed by atoms with van der Waals surface area (Å²) >= 11 is 1.16. The number of methoxy groups -OCH3 is 1. The van der Waals surface area contributed by atoms with Crippen molar-refractivity contribution in [3.05, 3.63) is 11.1 Å². The highest BCUT2D eigenvalue weighted by atomic mass is 32.2. The fourth-order valence-electron chi connectivity index (χ4n) is 0.894. The molecule has 0 unspecified atom stereocenters. The standard InChI is InChI=1S/C9H13N3O3S2/c1-15-5-6-17(13,14)12-9-11-7-8(16-9)3-2-4-10/h7H,4-6,10H2,1H3,(H,11,12). The maximum absolute atomic E-state index is 11.5. The normalized spacial score (nSPS) is 10.7. The van der Waals surface area contributed by atoms with Gasteiger partial charge >= 0.3 is 0 Å². The van der Waals surface area contributed by atoms with Crippen LogP contribution in [0.15, 0.2) is 6.20 Å². The third-order valence-corrected chi connectivity index (χ3v) is 3.78. The van der Waals surface area contributed by atoms with Crippen molar-refractivity contribution in [2.24, 2.45) is 5.73 Å². The first kappa shape index (κ1) is 13.9. The lowest BCUT2D eigenvalue weighted by atomic mass is 10.5. The number of aromatic nitrogens is 1. The minimum atomic E-state index is -3.40. The van der Waals surface area contributed by atoms with Crippen molar-refractivity contribution in [3.63, 3.8) is 0 Å². The Balaban J connectivity index is 2.66. The number of thiazole rings is 1. The molecular formula is C9H13N3O3S2. The Kier molecular flexibility index (Phi) is 5.37. The van der Waals surface area contributed by atoms with E-state index in [9.17, 15) is 8.42 Å². The van der Waals surface area contributed by atoms with E-state index in [-0.39, 0.29) is 18.9 Å². The third kappa shape index (κ3) is 5.14. The zero-order chi connectivity index (χ0) is 12.7. The van der Waals surface area contributed by atoms with Crippen LogP contribution in [0.5, 0.6) is 0 Å². The highest BCUT2D eigenvalue weighted by Gasteiger charge is 2.12. The zero-order valence-electron chi connectivity index (χ0n) is 9.26. The molecule has 1 aromatic heterocycles. The largest absolute Gasteiger partial charge is 0.384 e. The van der Waals surface area contributed by atoms with Gasteiger partial charge in [-0.05, 0) is 0 Å². The van der Waals surface area contributed by atoms with Crippen molar-refractivity contribution in [1.82, 2.24) is 4.98 Å². The van der Waals surface area contributed by atoms with E-state index in [1.54, 1.807) is 0 Å². The first-order chi connectivity index (χ1) is 8.07. The van der Waals surface area contributed by atoms with Gasteiger partial charge in [0.05, 0.1) is 30.0 Å². The number of nitrogens with one attached hydrogen (secondary N) is 1. The molecule has 0 aliphatic carbocycles. The lowest BCUT2D eigenvalue weighted by molar-refractivity contribution is 0.217. The number of rotatable bonds is 5. The van der Waals surface area contributed by atoms with Crippen molar-refractivity contribution >= 4 is 26.5 Å². The predicted molar refractivity (Wildman–Crippen MR) is 67.3 cm³/mol. The predicted octanol–water partition coefficient (Wildman–Crippen LogP) is -0.159. The van der Waals surface area contributed by atoms with Crippen LogP contribution in [0.25, 0.3) is 0 Å². The molecule has 1 heterocycles. The second kappa shape index (κ2) is 6.56. The third-order valence-electron chi connectivity index (χ3n) is 1.62. The van der Waals surface area contributed by atoms with Crippen LogP contribution in [0.1, 0.15) is 4.88 Å². The molecule has 0 radical (unpaired) electrons. The number of hydrogen-bond acceptors (Lipinski definition) is 6. The second-order valence-corrected chi connectivity index (χ2v) is 5.82. The van der Waals surface area contributed by atoms with Gasteiger partial charge in [0.15, 0.2) is 5.13 Å². The van der Waals surface area contributed by atoms with Gasteiger partial charge in [0, 0.05) is 7.11 Å². The van der Waals surface area contributed by atoms with Gasteiger partial charge in [-0.1, -0.05) is 23.2 Å². The van der Waals surface area contributed by atoms with Crippen LogP contribution in [-0.4, -0.2) is 39.4 Å². The lowest BCUT2D eigenvalue weighted by Gasteiger charge is -2.03. The van der Waals surface area contributed by atoms with Gasteiger partial charge in [-0.2, -0.15) is 0 Å². The van der Waals surface area contributed by atoms with Crippen LogP contribution in [0.2, 0.25) is 0 Å². The number of ether oxygens (including phenoxy) is 1. The molecule has 0 fully saturated rings. The molecule has 0 atom stereocenters. The maximum atomic E-state index is 11.5. The molecule has 8 heteroatoms. The number of nitrogens with zero attached hydrogens (tertiary/aromatic N) is 1. The van der Waals surface area contributed by atoms with E-state index in [4.69, 9.17) is 10.5 Å². The van der Waals surface area contributed by atoms with E-state index in [1.165, 1.54) is 13.3 Å². The van der Waals surface area contributed by atoms with Gasteiger partial charge in [-0.15, -0.1) is 0 Å². The van der Waals surface area contributed by atoms with Gasteiger partial charge in [0.25, 0.3) is 0 Å². The van der Waals surface area contributed by atoms with Gasteiger partial charge in [0.1, 0.15) is 0 Å². The van der Waals surface area contributed by atoms with E-state index >= 15 is 0 Å². The highest BCUT2D eigenvalue weighted by molar-refractivity contribution is 7.92. The van der Waals surface area contributed by atoms with Crippen LogP contribution in [0.3, 0.4) is 0 Å². The number of nitrogens with two attached hydrogens (primary N) is 1. The molecule has 94 valence electrons. The molecule has 0 amide bonds. The molecular weight excluding hydrogens is 262 g/mol. The van der Waals surface area contributed by atoms with E-state index in [1.807, 2.05) is 0 Å². The van der Waals surface area contributed by atoms with Crippen molar-refractivity contribution in [2.45, 2.75) is 0 Å². The number of anilines is 1. The molecule has 0 aliphatic rings. The molecule has 17 heavy (non-hydrogen) atoms. The van der Waals surface area contributed by atoms with Crippen LogP contribution in [0.4, 0.5) is 5.13 Å². The molecule has 0 saturated heterocycles. The highest BCUT2D eigenvalue weighted by Crippen LogP contribution is 2.18. The summed E-state index contributed by atoms with van der Waals surface area (Å²) in [7, 11) is -1.96. The fraction of sp³-hybridized carbons (Fsp3) is 0.444. The molecule has 6 nitrogen and oxygen atoms in total. The zero-order valence-corrected chi connectivity index (χ0v) is 10.9. The Morgan fingerprint density at radius 1 is 1.65 bits per heavy atom. The molecule has 0 spiro atoms. The van der Waals surface area contributed by atoms with Crippen LogP contribution in [-0.2, 0) is 14.8 Å². The van der Waals surface area contributed by atoms with E-state index < -0.39 is 10.0 Å². The van der Waals surface area contributed by atoms with E-state index in [0.29, 0.717) is 10.0 Å². The second-order valence-electron chi connectivity index (χ2n) is 2.95. The molecule has 0 aliphatic heterocycles. The molecule has 3 N–H and O–H groups in total. The molecule has 0 bridgehead atoms. The van der Waals surface area contributed by atoms with Crippen LogP contribution in [0, 0.1) is 11.8 Å². The van der Waals surface area contributed by atoms with Crippen molar-refractivity contribution in [1.29, 1.82) is 0 Å². The monoisotopic (exact) mass is 275 g/mol. The van der Waals surface area contributed by atoms with Crippen molar-refractivity contribution < 1.29 is 13.2 Å². The van der Waals surface area contributed by atoms with E-state index in [2.05, 4.69) is 21.5 Å². The Labute approximate surface area is 104 Å². The summed E-state index contributed by atoms with van der Waals surface area (Å²) in [4.78, 5) is 4.57. The number of sulfonamides is 1. The van der Waals surface area contributed by atoms with Gasteiger partial charge in [-0.3, -0.25) is 4.72 Å². The van der Waals surface area contributed by atoms with Crippen LogP contribution >= 0.6 is 11.3 Å². The maximum Gasteiger partial charge on any atom is 0.236 e. The summed E-state index contributed by atoms with van der Waals surface area (Å²) in [5.74, 6) is 5.34. The quantitative estimate of drug-likeness (QED) is 0.728. The molecule has 0 saturated carbocycles. The molecule has 1 aromatic rings. The summed E-state index contributed by atoms with van der Waals surface area (Å²) in [6.45, 7) is 0.396. The van der Waals surface area contributed by atoms with Crippen LogP contribution < -0.4 is 10.5 Å². The first-order valence-corrected chi connectivity index (χ1v) is 7.18. The Hall–Kier alpha value is -1.14. The minimum absolute atomic E-state index is 0.104. The Bertz CT molecular complexity index is 513. The fourth-order valence-corrected chi connectivity index (χ4v) is 2.79. The number of hydrogen-bond donors (Lipinski definition) is 2. The van der Waals surface area contributed by atoms with Gasteiger partial charge in [-0.25, -0.2) is 13.4 Å². The average molecular weight is 275 g/mol. The minimum Gasteiger partial charge on any atom is -0.384 e. The average Bonchev–Trinajstić information content (AvgIpc) is 2.70. The summed E-state index contributed by atoms with van der Waals surface area (Å²) in [5, 5.41) is 0.294. The summed E-state index contributed by atoms with van der Waals surface area (Å²) < 4.78 is 30.1. The topological polar surface area (TPSA) is 94.3 Å². The smallest absolute Gasteiger partial charge is 0.236 e. The summed E-state index contributed by atoms with van der Waals surface area (Å²) in [6.07, 6.45) is 1.50. The summed E-state index contributed by atoms with van der Waals surface area (Å²) in [5.41, 5.74) is 5.22. The Morgan fingerprint density at radius 3 is 3.06 bits per heavy atom. The Morgan fingerprint density at radius 2 is 2.41 bits per heavy atom. The first-order valence-electron chi connectivity index (χ1n) is 4.71. The molecule has 1 rings (SSSR count). The molecule has 0 aromatic carbocycles. The lowest BCUT2D eigenvalue weighted by Crippen LogP contribution is -2.19. The van der Waals surface area contributed by atoms with Gasteiger partial charge < -0.3 is 10.5 Å². The van der Waals surface area contributed by atoms with Crippen molar-refractivity contribution in [3.8, 4) is 11.8 Å². The van der Waals surface area contributed by atoms with Crippen molar-refractivity contribution in [2.75, 3.05) is 30.7 Å².